The Balaban J connectivity index is 1.58. The number of thioether (sulfide) groups is 1. The van der Waals surface area contributed by atoms with Gasteiger partial charge in [0, 0.05) is 6.20 Å². The molecule has 0 saturated heterocycles. The molecule has 108 valence electrons. The van der Waals surface area contributed by atoms with Crippen LogP contribution in [-0.2, 0) is 11.2 Å². The summed E-state index contributed by atoms with van der Waals surface area (Å²) in [4.78, 5) is 16.4. The minimum atomic E-state index is 0.0763. The Hall–Kier alpha value is -1.81. The molecule has 4 heteroatoms. The molecule has 3 nitrogen and oxygen atoms in total. The summed E-state index contributed by atoms with van der Waals surface area (Å²) in [6.45, 7) is 0. The first-order valence-corrected chi connectivity index (χ1v) is 8.22. The molecule has 0 bridgehead atoms. The lowest BCUT2D eigenvalue weighted by molar-refractivity contribution is -0.119. The normalized spacial score (nSPS) is 17.0. The van der Waals surface area contributed by atoms with Crippen molar-refractivity contribution in [2.45, 2.75) is 30.3 Å². The number of pyridine rings is 1. The van der Waals surface area contributed by atoms with Gasteiger partial charge in [-0.1, -0.05) is 42.1 Å². The molecule has 1 unspecified atom stereocenters. The fraction of sp³-hybridized carbons (Fsp3) is 0.294. The zero-order valence-corrected chi connectivity index (χ0v) is 12.6. The fourth-order valence-corrected chi connectivity index (χ4v) is 3.38. The number of aromatic nitrogens is 1. The van der Waals surface area contributed by atoms with Gasteiger partial charge in [-0.2, -0.15) is 0 Å². The predicted octanol–water partition coefficient (Wildman–Crippen LogP) is 3.37. The van der Waals surface area contributed by atoms with Crippen molar-refractivity contribution in [1.29, 1.82) is 0 Å². The van der Waals surface area contributed by atoms with Crippen molar-refractivity contribution in [3.63, 3.8) is 0 Å². The summed E-state index contributed by atoms with van der Waals surface area (Å²) < 4.78 is 0. The number of hydrogen-bond donors (Lipinski definition) is 1. The van der Waals surface area contributed by atoms with Crippen molar-refractivity contribution in [2.75, 3.05) is 5.75 Å². The van der Waals surface area contributed by atoms with E-state index in [0.717, 1.165) is 24.3 Å². The summed E-state index contributed by atoms with van der Waals surface area (Å²) in [5, 5.41) is 4.04. The van der Waals surface area contributed by atoms with Crippen molar-refractivity contribution in [1.82, 2.24) is 10.3 Å². The van der Waals surface area contributed by atoms with E-state index in [9.17, 15) is 4.79 Å². The Morgan fingerprint density at radius 1 is 1.24 bits per heavy atom. The highest BCUT2D eigenvalue weighted by Gasteiger charge is 2.21. The summed E-state index contributed by atoms with van der Waals surface area (Å²) in [5.41, 5.74) is 2.64. The van der Waals surface area contributed by atoms with Gasteiger partial charge < -0.3 is 5.32 Å². The van der Waals surface area contributed by atoms with Gasteiger partial charge in [0.1, 0.15) is 0 Å². The first-order valence-electron chi connectivity index (χ1n) is 7.24. The molecule has 1 heterocycles. The number of nitrogens with zero attached hydrogens (tertiary/aromatic N) is 1. The van der Waals surface area contributed by atoms with Gasteiger partial charge in [-0.3, -0.25) is 4.79 Å². The first kappa shape index (κ1) is 14.1. The number of nitrogens with one attached hydrogen (secondary N) is 1. The van der Waals surface area contributed by atoms with Gasteiger partial charge in [0.15, 0.2) is 0 Å². The van der Waals surface area contributed by atoms with Gasteiger partial charge in [0.2, 0.25) is 5.91 Å². The standard InChI is InChI=1S/C17H18N2OS/c20-16(12-21-17-10-3-4-11-18-17)19-15-9-5-7-13-6-1-2-8-14(13)15/h1-4,6,8,10-11,15H,5,7,9,12H2,(H,19,20). The number of fused-ring (bicyclic) bond motifs is 1. The van der Waals surface area contributed by atoms with E-state index in [-0.39, 0.29) is 11.9 Å². The number of amides is 1. The van der Waals surface area contributed by atoms with E-state index in [1.807, 2.05) is 24.3 Å². The molecule has 0 radical (unpaired) electrons. The van der Waals surface area contributed by atoms with Gasteiger partial charge in [-0.25, -0.2) is 4.98 Å². The zero-order valence-electron chi connectivity index (χ0n) is 11.8. The number of rotatable bonds is 4. The van der Waals surface area contributed by atoms with Crippen LogP contribution in [0.5, 0.6) is 0 Å². The molecule has 21 heavy (non-hydrogen) atoms. The number of hydrogen-bond acceptors (Lipinski definition) is 3. The number of carbonyl (C=O) groups is 1. The summed E-state index contributed by atoms with van der Waals surface area (Å²) in [7, 11) is 0. The molecular weight excluding hydrogens is 280 g/mol. The number of benzene rings is 1. The second-order valence-electron chi connectivity index (χ2n) is 5.17. The fourth-order valence-electron chi connectivity index (χ4n) is 2.71. The highest BCUT2D eigenvalue weighted by atomic mass is 32.2. The maximum absolute atomic E-state index is 12.1. The molecular formula is C17H18N2OS. The molecule has 0 fully saturated rings. The second-order valence-corrected chi connectivity index (χ2v) is 6.16. The van der Waals surface area contributed by atoms with Gasteiger partial charge in [-0.15, -0.1) is 0 Å². The summed E-state index contributed by atoms with van der Waals surface area (Å²) in [6.07, 6.45) is 5.02. The Labute approximate surface area is 129 Å². The van der Waals surface area contributed by atoms with E-state index in [2.05, 4.69) is 28.5 Å². The summed E-state index contributed by atoms with van der Waals surface area (Å²) in [6, 6.07) is 14.3. The SMILES string of the molecule is O=C(CSc1ccccn1)NC1CCCc2ccccc21. The maximum atomic E-state index is 12.1. The van der Waals surface area contributed by atoms with Gasteiger partial charge >= 0.3 is 0 Å². The minimum absolute atomic E-state index is 0.0763. The third-order valence-electron chi connectivity index (χ3n) is 3.69. The van der Waals surface area contributed by atoms with E-state index >= 15 is 0 Å². The third-order valence-corrected chi connectivity index (χ3v) is 4.64. The lowest BCUT2D eigenvalue weighted by atomic mass is 9.88. The van der Waals surface area contributed by atoms with Crippen molar-refractivity contribution >= 4 is 17.7 Å². The molecule has 0 spiro atoms. The van der Waals surface area contributed by atoms with Crippen molar-refractivity contribution < 1.29 is 4.79 Å². The molecule has 2 aromatic rings. The van der Waals surface area contributed by atoms with Crippen LogP contribution in [0.25, 0.3) is 0 Å². The molecule has 3 rings (SSSR count). The molecule has 1 aromatic carbocycles. The van der Waals surface area contributed by atoms with Crippen molar-refractivity contribution in [3.8, 4) is 0 Å². The monoisotopic (exact) mass is 298 g/mol. The molecule has 1 atom stereocenters. The highest BCUT2D eigenvalue weighted by molar-refractivity contribution is 7.99. The first-order chi connectivity index (χ1) is 10.3. The van der Waals surface area contributed by atoms with Crippen LogP contribution in [-0.4, -0.2) is 16.6 Å². The Bertz CT molecular complexity index is 615. The molecule has 1 amide bonds. The van der Waals surface area contributed by atoms with E-state index in [0.29, 0.717) is 5.75 Å². The molecule has 1 aliphatic carbocycles. The van der Waals surface area contributed by atoms with Crippen LogP contribution in [0.2, 0.25) is 0 Å². The van der Waals surface area contributed by atoms with E-state index in [1.165, 1.54) is 22.9 Å². The minimum Gasteiger partial charge on any atom is -0.349 e. The van der Waals surface area contributed by atoms with Crippen LogP contribution >= 0.6 is 11.8 Å². The molecule has 1 N–H and O–H groups in total. The van der Waals surface area contributed by atoms with Crippen LogP contribution in [0, 0.1) is 0 Å². The summed E-state index contributed by atoms with van der Waals surface area (Å²) >= 11 is 1.48. The molecule has 1 aromatic heterocycles. The average Bonchev–Trinajstić information content (AvgIpc) is 2.54. The third kappa shape index (κ3) is 3.64. The van der Waals surface area contributed by atoms with Crippen LogP contribution in [0.3, 0.4) is 0 Å². The van der Waals surface area contributed by atoms with E-state index in [4.69, 9.17) is 0 Å². The maximum Gasteiger partial charge on any atom is 0.230 e. The van der Waals surface area contributed by atoms with Gasteiger partial charge in [0.25, 0.3) is 0 Å². The molecule has 0 aliphatic heterocycles. The van der Waals surface area contributed by atoms with Crippen LogP contribution < -0.4 is 5.32 Å². The topological polar surface area (TPSA) is 42.0 Å². The Morgan fingerprint density at radius 3 is 2.95 bits per heavy atom. The van der Waals surface area contributed by atoms with E-state index < -0.39 is 0 Å². The van der Waals surface area contributed by atoms with Crippen LogP contribution in [0.4, 0.5) is 0 Å². The molecule has 0 saturated carbocycles. The number of aryl methyl sites for hydroxylation is 1. The largest absolute Gasteiger partial charge is 0.349 e. The Morgan fingerprint density at radius 2 is 2.10 bits per heavy atom. The van der Waals surface area contributed by atoms with Gasteiger partial charge in [0.05, 0.1) is 16.8 Å². The molecule has 1 aliphatic rings. The van der Waals surface area contributed by atoms with E-state index in [1.54, 1.807) is 6.20 Å². The lowest BCUT2D eigenvalue weighted by Gasteiger charge is -2.26. The smallest absolute Gasteiger partial charge is 0.230 e. The van der Waals surface area contributed by atoms with Crippen LogP contribution in [0.15, 0.2) is 53.7 Å². The quantitative estimate of drug-likeness (QED) is 0.880. The van der Waals surface area contributed by atoms with Crippen LogP contribution in [0.1, 0.15) is 30.0 Å². The number of carbonyl (C=O) groups excluding carboxylic acids is 1. The second kappa shape index (κ2) is 6.76. The highest BCUT2D eigenvalue weighted by Crippen LogP contribution is 2.29. The zero-order chi connectivity index (χ0) is 14.5. The van der Waals surface area contributed by atoms with Crippen molar-refractivity contribution in [2.24, 2.45) is 0 Å². The summed E-state index contributed by atoms with van der Waals surface area (Å²) in [5.74, 6) is 0.489. The van der Waals surface area contributed by atoms with Gasteiger partial charge in [-0.05, 0) is 42.5 Å². The Kier molecular flexibility index (Phi) is 4.55. The lowest BCUT2D eigenvalue weighted by Crippen LogP contribution is -2.32. The predicted molar refractivity (Wildman–Crippen MR) is 85.2 cm³/mol. The van der Waals surface area contributed by atoms with Crippen molar-refractivity contribution in [3.05, 3.63) is 59.8 Å². The average molecular weight is 298 g/mol.